The van der Waals surface area contributed by atoms with Crippen LogP contribution < -0.4 is 11.3 Å². The molecule has 0 aromatic carbocycles. The monoisotopic (exact) mass is 311 g/mol. The molecule has 1 saturated heterocycles. The van der Waals surface area contributed by atoms with E-state index in [1.807, 2.05) is 11.3 Å². The van der Waals surface area contributed by atoms with Gasteiger partial charge in [0.25, 0.3) is 0 Å². The van der Waals surface area contributed by atoms with Gasteiger partial charge in [-0.2, -0.15) is 0 Å². The van der Waals surface area contributed by atoms with E-state index in [1.165, 1.54) is 9.75 Å². The van der Waals surface area contributed by atoms with Gasteiger partial charge in [-0.25, -0.2) is 0 Å². The van der Waals surface area contributed by atoms with Gasteiger partial charge in [-0.3, -0.25) is 16.2 Å². The molecule has 2 atom stereocenters. The van der Waals surface area contributed by atoms with Crippen LogP contribution in [-0.2, 0) is 17.6 Å². The molecule has 5 heteroatoms. The van der Waals surface area contributed by atoms with Crippen LogP contribution in [0, 0.1) is 0 Å². The molecule has 1 aromatic heterocycles. The quantitative estimate of drug-likeness (QED) is 0.599. The van der Waals surface area contributed by atoms with Gasteiger partial charge in [-0.05, 0) is 31.9 Å². The van der Waals surface area contributed by atoms with Crippen LogP contribution in [0.15, 0.2) is 12.1 Å². The average Bonchev–Trinajstić information content (AvgIpc) is 3.00. The van der Waals surface area contributed by atoms with E-state index >= 15 is 0 Å². The lowest BCUT2D eigenvalue weighted by molar-refractivity contribution is -0.0321. The van der Waals surface area contributed by atoms with E-state index in [4.69, 9.17) is 10.6 Å². The van der Waals surface area contributed by atoms with Gasteiger partial charge in [0.1, 0.15) is 0 Å². The van der Waals surface area contributed by atoms with Crippen molar-refractivity contribution in [1.82, 2.24) is 10.3 Å². The standard InChI is InChI=1S/C16H29N3OS/c1-4-13-6-7-14(21-13)12-15(18-17)16(3,5-2)19-8-10-20-11-9-19/h6-7,15,18H,4-5,8-12,17H2,1-3H3. The van der Waals surface area contributed by atoms with E-state index in [1.54, 1.807) is 0 Å². The first-order valence-corrected chi connectivity index (χ1v) is 8.82. The number of nitrogens with two attached hydrogens (primary N) is 1. The van der Waals surface area contributed by atoms with E-state index in [0.717, 1.165) is 45.6 Å². The maximum Gasteiger partial charge on any atom is 0.0594 e. The normalized spacial score (nSPS) is 21.1. The van der Waals surface area contributed by atoms with Crippen molar-refractivity contribution in [2.75, 3.05) is 26.3 Å². The molecule has 120 valence electrons. The SMILES string of the molecule is CCc1ccc(CC(NN)C(C)(CC)N2CCOCC2)s1. The number of aryl methyl sites for hydroxylation is 1. The Kier molecular flexibility index (Phi) is 6.20. The molecule has 1 aliphatic rings. The third-order valence-corrected chi connectivity index (χ3v) is 6.12. The molecule has 0 saturated carbocycles. The van der Waals surface area contributed by atoms with Crippen LogP contribution in [0.1, 0.15) is 36.9 Å². The largest absolute Gasteiger partial charge is 0.379 e. The molecule has 2 unspecified atom stereocenters. The molecule has 1 aliphatic heterocycles. The fraction of sp³-hybridized carbons (Fsp3) is 0.750. The number of hydrazine groups is 1. The summed E-state index contributed by atoms with van der Waals surface area (Å²) in [6.07, 6.45) is 3.18. The second-order valence-electron chi connectivity index (χ2n) is 5.96. The molecule has 1 fully saturated rings. The highest BCUT2D eigenvalue weighted by molar-refractivity contribution is 7.11. The Balaban J connectivity index is 2.11. The van der Waals surface area contributed by atoms with E-state index in [-0.39, 0.29) is 11.6 Å². The second-order valence-corrected chi connectivity index (χ2v) is 7.21. The Morgan fingerprint density at radius 1 is 1.33 bits per heavy atom. The van der Waals surface area contributed by atoms with Crippen LogP contribution in [0.2, 0.25) is 0 Å². The van der Waals surface area contributed by atoms with Gasteiger partial charge in [-0.15, -0.1) is 11.3 Å². The molecule has 1 aromatic rings. The van der Waals surface area contributed by atoms with Crippen molar-refractivity contribution in [2.24, 2.45) is 5.84 Å². The van der Waals surface area contributed by atoms with Crippen molar-refractivity contribution in [2.45, 2.75) is 51.6 Å². The lowest BCUT2D eigenvalue weighted by Crippen LogP contribution is -2.63. The smallest absolute Gasteiger partial charge is 0.0594 e. The van der Waals surface area contributed by atoms with Crippen molar-refractivity contribution >= 4 is 11.3 Å². The Morgan fingerprint density at radius 3 is 2.52 bits per heavy atom. The van der Waals surface area contributed by atoms with E-state index in [0.29, 0.717) is 0 Å². The molecule has 0 radical (unpaired) electrons. The molecule has 4 nitrogen and oxygen atoms in total. The second kappa shape index (κ2) is 7.70. The zero-order valence-electron chi connectivity index (χ0n) is 13.5. The summed E-state index contributed by atoms with van der Waals surface area (Å²) in [7, 11) is 0. The van der Waals surface area contributed by atoms with E-state index in [2.05, 4.69) is 43.2 Å². The van der Waals surface area contributed by atoms with E-state index in [9.17, 15) is 0 Å². The van der Waals surface area contributed by atoms with Crippen molar-refractivity contribution in [3.8, 4) is 0 Å². The molecule has 0 spiro atoms. The first kappa shape index (κ1) is 16.9. The molecular weight excluding hydrogens is 282 g/mol. The predicted molar refractivity (Wildman–Crippen MR) is 89.6 cm³/mol. The number of ether oxygens (including phenoxy) is 1. The van der Waals surface area contributed by atoms with Gasteiger partial charge < -0.3 is 4.74 Å². The molecule has 0 amide bonds. The van der Waals surface area contributed by atoms with Gasteiger partial charge in [0.05, 0.1) is 13.2 Å². The number of nitrogens with zero attached hydrogens (tertiary/aromatic N) is 1. The molecule has 0 bridgehead atoms. The number of nitrogens with one attached hydrogen (secondary N) is 1. The van der Waals surface area contributed by atoms with Crippen LogP contribution in [-0.4, -0.2) is 42.8 Å². The summed E-state index contributed by atoms with van der Waals surface area (Å²) >= 11 is 1.91. The molecule has 2 rings (SSSR count). The van der Waals surface area contributed by atoms with Gasteiger partial charge >= 0.3 is 0 Å². The zero-order chi connectivity index (χ0) is 15.3. The minimum atomic E-state index is 0.0644. The third-order valence-electron chi connectivity index (χ3n) is 4.87. The Morgan fingerprint density at radius 2 is 2.00 bits per heavy atom. The summed E-state index contributed by atoms with van der Waals surface area (Å²) in [4.78, 5) is 5.41. The zero-order valence-corrected chi connectivity index (χ0v) is 14.3. The highest BCUT2D eigenvalue weighted by Gasteiger charge is 2.38. The summed E-state index contributed by atoms with van der Waals surface area (Å²) in [5, 5.41) is 0. The van der Waals surface area contributed by atoms with E-state index < -0.39 is 0 Å². The molecule has 3 N–H and O–H groups in total. The van der Waals surface area contributed by atoms with Crippen LogP contribution in [0.4, 0.5) is 0 Å². The first-order valence-electron chi connectivity index (χ1n) is 8.00. The third kappa shape index (κ3) is 3.85. The number of morpholine rings is 1. The Labute approximate surface area is 132 Å². The fourth-order valence-electron chi connectivity index (χ4n) is 3.15. The van der Waals surface area contributed by atoms with Crippen LogP contribution >= 0.6 is 11.3 Å². The van der Waals surface area contributed by atoms with Crippen molar-refractivity contribution in [3.63, 3.8) is 0 Å². The summed E-state index contributed by atoms with van der Waals surface area (Å²) in [6, 6.07) is 4.75. The summed E-state index contributed by atoms with van der Waals surface area (Å²) < 4.78 is 5.50. The first-order chi connectivity index (χ1) is 10.1. The average molecular weight is 311 g/mol. The minimum Gasteiger partial charge on any atom is -0.379 e. The van der Waals surface area contributed by atoms with Gasteiger partial charge in [0.15, 0.2) is 0 Å². The molecule has 0 aliphatic carbocycles. The van der Waals surface area contributed by atoms with Crippen molar-refractivity contribution < 1.29 is 4.74 Å². The molecule has 21 heavy (non-hydrogen) atoms. The predicted octanol–water partition coefficient (Wildman–Crippen LogP) is 2.19. The lowest BCUT2D eigenvalue weighted by atomic mass is 9.85. The molecule has 2 heterocycles. The number of thiophene rings is 1. The molecular formula is C16H29N3OS. The highest BCUT2D eigenvalue weighted by Crippen LogP contribution is 2.28. The number of hydrogen-bond acceptors (Lipinski definition) is 5. The summed E-state index contributed by atoms with van der Waals surface area (Å²) in [6.45, 7) is 10.4. The summed E-state index contributed by atoms with van der Waals surface area (Å²) in [5.74, 6) is 5.92. The Hall–Kier alpha value is -0.460. The number of rotatable bonds is 7. The fourth-order valence-corrected chi connectivity index (χ4v) is 4.15. The number of hydrogen-bond donors (Lipinski definition) is 2. The summed E-state index contributed by atoms with van der Waals surface area (Å²) in [5.41, 5.74) is 3.16. The maximum atomic E-state index is 5.92. The van der Waals surface area contributed by atoms with Crippen LogP contribution in [0.3, 0.4) is 0 Å². The van der Waals surface area contributed by atoms with Gasteiger partial charge in [0.2, 0.25) is 0 Å². The van der Waals surface area contributed by atoms with Crippen LogP contribution in [0.5, 0.6) is 0 Å². The highest BCUT2D eigenvalue weighted by atomic mass is 32.1. The minimum absolute atomic E-state index is 0.0644. The maximum absolute atomic E-state index is 5.92. The van der Waals surface area contributed by atoms with Crippen molar-refractivity contribution in [1.29, 1.82) is 0 Å². The van der Waals surface area contributed by atoms with Gasteiger partial charge in [0, 0.05) is 40.8 Å². The van der Waals surface area contributed by atoms with Crippen LogP contribution in [0.25, 0.3) is 0 Å². The Bertz CT molecular complexity index is 431. The van der Waals surface area contributed by atoms with Crippen molar-refractivity contribution in [3.05, 3.63) is 21.9 Å². The lowest BCUT2D eigenvalue weighted by Gasteiger charge is -2.47. The topological polar surface area (TPSA) is 50.5 Å². The van der Waals surface area contributed by atoms with Gasteiger partial charge in [-0.1, -0.05) is 13.8 Å².